The minimum absolute atomic E-state index is 0.137. The number of sulfonamides is 1. The molecule has 1 aliphatic heterocycles. The number of methoxy groups -OCH3 is 1. The molecule has 1 heterocycles. The van der Waals surface area contributed by atoms with Crippen molar-refractivity contribution in [3.05, 3.63) is 28.3 Å². The largest absolute Gasteiger partial charge is 0.495 e. The van der Waals surface area contributed by atoms with Crippen molar-refractivity contribution >= 4 is 27.5 Å². The number of rotatable bonds is 3. The maximum absolute atomic E-state index is 12.7. The van der Waals surface area contributed by atoms with Crippen LogP contribution < -0.4 is 4.74 Å². The second-order valence-electron chi connectivity index (χ2n) is 5.61. The number of carbonyl (C=O) groups is 1. The SMILES string of the molecule is COc1cc(C)c(C(=O)N2CCCN(S(C)(=O)=O)CC2)cc1Cl. The minimum atomic E-state index is -3.23. The van der Waals surface area contributed by atoms with Crippen molar-refractivity contribution in [3.63, 3.8) is 0 Å². The van der Waals surface area contributed by atoms with Gasteiger partial charge in [-0.15, -0.1) is 0 Å². The first-order valence-corrected chi connectivity index (χ1v) is 9.55. The van der Waals surface area contributed by atoms with Crippen LogP contribution in [0, 0.1) is 6.92 Å². The summed E-state index contributed by atoms with van der Waals surface area (Å²) in [4.78, 5) is 14.4. The summed E-state index contributed by atoms with van der Waals surface area (Å²) < 4.78 is 29.9. The van der Waals surface area contributed by atoms with Crippen LogP contribution in [-0.2, 0) is 10.0 Å². The van der Waals surface area contributed by atoms with Gasteiger partial charge in [0.1, 0.15) is 5.75 Å². The molecule has 1 aliphatic rings. The Labute approximate surface area is 142 Å². The molecule has 0 radical (unpaired) electrons. The minimum Gasteiger partial charge on any atom is -0.495 e. The zero-order valence-electron chi connectivity index (χ0n) is 13.5. The van der Waals surface area contributed by atoms with Crippen molar-refractivity contribution in [2.24, 2.45) is 0 Å². The molecular weight excluding hydrogens is 340 g/mol. The fourth-order valence-corrected chi connectivity index (χ4v) is 3.76. The van der Waals surface area contributed by atoms with E-state index in [4.69, 9.17) is 16.3 Å². The third kappa shape index (κ3) is 4.16. The van der Waals surface area contributed by atoms with Gasteiger partial charge >= 0.3 is 0 Å². The first-order valence-electron chi connectivity index (χ1n) is 7.32. The fourth-order valence-electron chi connectivity index (χ4n) is 2.64. The molecule has 0 atom stereocenters. The average Bonchev–Trinajstić information content (AvgIpc) is 2.74. The molecule has 1 fully saturated rings. The fraction of sp³-hybridized carbons (Fsp3) is 0.533. The number of nitrogens with zero attached hydrogens (tertiary/aromatic N) is 2. The van der Waals surface area contributed by atoms with Gasteiger partial charge in [0.15, 0.2) is 0 Å². The lowest BCUT2D eigenvalue weighted by Crippen LogP contribution is -2.37. The summed E-state index contributed by atoms with van der Waals surface area (Å²) in [6, 6.07) is 3.34. The van der Waals surface area contributed by atoms with Gasteiger partial charge in [-0.3, -0.25) is 4.79 Å². The van der Waals surface area contributed by atoms with Crippen molar-refractivity contribution in [2.75, 3.05) is 39.5 Å². The molecule has 6 nitrogen and oxygen atoms in total. The van der Waals surface area contributed by atoms with Crippen LogP contribution in [0.3, 0.4) is 0 Å². The van der Waals surface area contributed by atoms with Crippen molar-refractivity contribution < 1.29 is 17.9 Å². The molecule has 1 aromatic rings. The quantitative estimate of drug-likeness (QED) is 0.823. The van der Waals surface area contributed by atoms with Gasteiger partial charge in [-0.25, -0.2) is 12.7 Å². The van der Waals surface area contributed by atoms with E-state index in [2.05, 4.69) is 0 Å². The summed E-state index contributed by atoms with van der Waals surface area (Å²) in [6.07, 6.45) is 1.81. The summed E-state index contributed by atoms with van der Waals surface area (Å²) in [6.45, 7) is 3.47. The number of aryl methyl sites for hydroxylation is 1. The van der Waals surface area contributed by atoms with Gasteiger partial charge in [0.05, 0.1) is 18.4 Å². The van der Waals surface area contributed by atoms with E-state index in [1.54, 1.807) is 17.0 Å². The Kier molecular flexibility index (Phi) is 5.54. The number of hydrogen-bond donors (Lipinski definition) is 0. The van der Waals surface area contributed by atoms with E-state index in [0.717, 1.165) is 5.56 Å². The number of benzene rings is 1. The smallest absolute Gasteiger partial charge is 0.254 e. The van der Waals surface area contributed by atoms with Gasteiger partial charge < -0.3 is 9.64 Å². The monoisotopic (exact) mass is 360 g/mol. The summed E-state index contributed by atoms with van der Waals surface area (Å²) >= 11 is 6.12. The normalized spacial score (nSPS) is 17.0. The van der Waals surface area contributed by atoms with Crippen LogP contribution in [0.5, 0.6) is 5.75 Å². The number of hydrogen-bond acceptors (Lipinski definition) is 4. The molecule has 0 unspecified atom stereocenters. The second-order valence-corrected chi connectivity index (χ2v) is 8.00. The van der Waals surface area contributed by atoms with Gasteiger partial charge in [-0.2, -0.15) is 0 Å². The van der Waals surface area contributed by atoms with Crippen LogP contribution in [-0.4, -0.2) is 63.1 Å². The lowest BCUT2D eigenvalue weighted by atomic mass is 10.1. The van der Waals surface area contributed by atoms with Crippen LogP contribution in [0.4, 0.5) is 0 Å². The third-order valence-electron chi connectivity index (χ3n) is 3.94. The van der Waals surface area contributed by atoms with Crippen molar-refractivity contribution in [1.29, 1.82) is 0 Å². The zero-order chi connectivity index (χ0) is 17.2. The Morgan fingerprint density at radius 3 is 2.52 bits per heavy atom. The first kappa shape index (κ1) is 18.0. The van der Waals surface area contributed by atoms with E-state index in [1.165, 1.54) is 17.7 Å². The molecule has 1 amide bonds. The number of ether oxygens (including phenoxy) is 1. The van der Waals surface area contributed by atoms with Crippen LogP contribution in [0.1, 0.15) is 22.3 Å². The molecule has 1 aromatic carbocycles. The predicted molar refractivity (Wildman–Crippen MR) is 89.7 cm³/mol. The highest BCUT2D eigenvalue weighted by molar-refractivity contribution is 7.88. The van der Waals surface area contributed by atoms with Gasteiger partial charge in [0.2, 0.25) is 10.0 Å². The average molecular weight is 361 g/mol. The molecule has 23 heavy (non-hydrogen) atoms. The number of halogens is 1. The summed E-state index contributed by atoms with van der Waals surface area (Å²) in [5.41, 5.74) is 1.30. The van der Waals surface area contributed by atoms with Crippen molar-refractivity contribution in [3.8, 4) is 5.75 Å². The molecule has 0 spiro atoms. The topological polar surface area (TPSA) is 66.9 Å². The highest BCUT2D eigenvalue weighted by Gasteiger charge is 2.25. The van der Waals surface area contributed by atoms with E-state index in [9.17, 15) is 13.2 Å². The van der Waals surface area contributed by atoms with E-state index in [1.807, 2.05) is 6.92 Å². The lowest BCUT2D eigenvalue weighted by Gasteiger charge is -2.22. The van der Waals surface area contributed by atoms with Gasteiger partial charge in [0.25, 0.3) is 5.91 Å². The molecule has 0 saturated carbocycles. The van der Waals surface area contributed by atoms with E-state index in [-0.39, 0.29) is 5.91 Å². The Bertz CT molecular complexity index is 706. The maximum atomic E-state index is 12.7. The van der Waals surface area contributed by atoms with Gasteiger partial charge in [-0.05, 0) is 31.0 Å². The molecule has 0 bridgehead atoms. The highest BCUT2D eigenvalue weighted by Crippen LogP contribution is 2.28. The summed E-state index contributed by atoms with van der Waals surface area (Å²) in [7, 11) is -1.70. The Morgan fingerprint density at radius 1 is 1.22 bits per heavy atom. The number of carbonyl (C=O) groups excluding carboxylic acids is 1. The molecule has 0 aliphatic carbocycles. The molecule has 8 heteroatoms. The molecule has 0 aromatic heterocycles. The van der Waals surface area contributed by atoms with E-state index >= 15 is 0 Å². The predicted octanol–water partition coefficient (Wildman–Crippen LogP) is 1.76. The second kappa shape index (κ2) is 7.07. The first-order chi connectivity index (χ1) is 10.7. The standard InChI is InChI=1S/C15H21ClN2O4S/c1-11-9-14(22-2)13(16)10-12(11)15(19)17-5-4-6-18(8-7-17)23(3,20)21/h9-10H,4-8H2,1-3H3. The Hall–Kier alpha value is -1.31. The van der Waals surface area contributed by atoms with E-state index < -0.39 is 10.0 Å². The molecule has 2 rings (SSSR count). The van der Waals surface area contributed by atoms with Crippen LogP contribution in [0.2, 0.25) is 5.02 Å². The summed E-state index contributed by atoms with van der Waals surface area (Å²) in [5.74, 6) is 0.391. The molecule has 128 valence electrons. The van der Waals surface area contributed by atoms with Crippen molar-refractivity contribution in [2.45, 2.75) is 13.3 Å². The van der Waals surface area contributed by atoms with Crippen LogP contribution >= 0.6 is 11.6 Å². The van der Waals surface area contributed by atoms with Gasteiger partial charge in [-0.1, -0.05) is 11.6 Å². The number of amides is 1. The van der Waals surface area contributed by atoms with E-state index in [0.29, 0.717) is 48.9 Å². The van der Waals surface area contributed by atoms with Gasteiger partial charge in [0, 0.05) is 31.7 Å². The highest BCUT2D eigenvalue weighted by atomic mass is 35.5. The molecular formula is C15H21ClN2O4S. The van der Waals surface area contributed by atoms with Crippen LogP contribution in [0.15, 0.2) is 12.1 Å². The van der Waals surface area contributed by atoms with Crippen molar-refractivity contribution in [1.82, 2.24) is 9.21 Å². The Balaban J connectivity index is 2.20. The van der Waals surface area contributed by atoms with Crippen LogP contribution in [0.25, 0.3) is 0 Å². The molecule has 1 saturated heterocycles. The Morgan fingerprint density at radius 2 is 1.91 bits per heavy atom. The third-order valence-corrected chi connectivity index (χ3v) is 5.54. The zero-order valence-corrected chi connectivity index (χ0v) is 15.1. The molecule has 0 N–H and O–H groups in total. The summed E-state index contributed by atoms with van der Waals surface area (Å²) in [5, 5.41) is 0.383. The lowest BCUT2D eigenvalue weighted by molar-refractivity contribution is 0.0763. The maximum Gasteiger partial charge on any atom is 0.254 e.